The van der Waals surface area contributed by atoms with E-state index in [2.05, 4.69) is 61.1 Å². The molecule has 0 aliphatic rings. The molecule has 1 N–H and O–H groups in total. The van der Waals surface area contributed by atoms with Gasteiger partial charge in [0.25, 0.3) is 0 Å². The van der Waals surface area contributed by atoms with Gasteiger partial charge < -0.3 is 5.32 Å². The van der Waals surface area contributed by atoms with Gasteiger partial charge in [-0.2, -0.15) is 0 Å². The van der Waals surface area contributed by atoms with E-state index >= 15 is 0 Å². The maximum absolute atomic E-state index is 3.58. The first kappa shape index (κ1) is 13.7. The highest BCUT2D eigenvalue weighted by atomic mass is 32.2. The van der Waals surface area contributed by atoms with E-state index in [0.29, 0.717) is 6.04 Å². The van der Waals surface area contributed by atoms with Gasteiger partial charge in [-0.15, -0.1) is 23.1 Å². The van der Waals surface area contributed by atoms with Gasteiger partial charge in [0.1, 0.15) is 0 Å². The molecule has 1 aromatic heterocycles. The molecule has 3 heteroatoms. The van der Waals surface area contributed by atoms with Crippen LogP contribution >= 0.6 is 23.1 Å². The normalized spacial score (nSPS) is 12.6. The van der Waals surface area contributed by atoms with Gasteiger partial charge >= 0.3 is 0 Å². The molecule has 0 aliphatic carbocycles. The molecule has 0 spiro atoms. The molecule has 1 unspecified atom stereocenters. The second kappa shape index (κ2) is 6.41. The number of hydrogen-bond acceptors (Lipinski definition) is 3. The Morgan fingerprint density at radius 3 is 2.50 bits per heavy atom. The van der Waals surface area contributed by atoms with Crippen molar-refractivity contribution in [2.45, 2.75) is 31.3 Å². The Morgan fingerprint density at radius 1 is 1.22 bits per heavy atom. The van der Waals surface area contributed by atoms with Gasteiger partial charge in [-0.1, -0.05) is 12.1 Å². The molecule has 0 radical (unpaired) electrons. The summed E-state index contributed by atoms with van der Waals surface area (Å²) in [6.07, 6.45) is 2.11. The average Bonchev–Trinajstić information content (AvgIpc) is 2.81. The minimum absolute atomic E-state index is 0.391. The van der Waals surface area contributed by atoms with Crippen LogP contribution in [0.4, 0.5) is 0 Å². The summed E-state index contributed by atoms with van der Waals surface area (Å²) in [4.78, 5) is 2.75. The second-order valence-electron chi connectivity index (χ2n) is 4.40. The summed E-state index contributed by atoms with van der Waals surface area (Å²) in [5.74, 6) is 0. The van der Waals surface area contributed by atoms with Crippen LogP contribution in [-0.2, 0) is 6.54 Å². The van der Waals surface area contributed by atoms with Crippen LogP contribution in [0.5, 0.6) is 0 Å². The van der Waals surface area contributed by atoms with Crippen molar-refractivity contribution in [1.29, 1.82) is 0 Å². The smallest absolute Gasteiger partial charge is 0.0308 e. The molecule has 0 saturated heterocycles. The molecule has 0 saturated carbocycles. The molecule has 0 amide bonds. The van der Waals surface area contributed by atoms with E-state index < -0.39 is 0 Å². The Labute approximate surface area is 118 Å². The number of thiophene rings is 1. The molecule has 1 aromatic carbocycles. The predicted molar refractivity (Wildman–Crippen MR) is 82.5 cm³/mol. The lowest BCUT2D eigenvalue weighted by molar-refractivity contribution is 0.577. The molecule has 0 fully saturated rings. The Hall–Kier alpha value is -0.770. The number of hydrogen-bond donors (Lipinski definition) is 1. The van der Waals surface area contributed by atoms with Gasteiger partial charge in [0, 0.05) is 22.4 Å². The summed E-state index contributed by atoms with van der Waals surface area (Å²) in [5, 5.41) is 5.74. The number of benzene rings is 1. The van der Waals surface area contributed by atoms with Gasteiger partial charge in [-0.05, 0) is 54.8 Å². The van der Waals surface area contributed by atoms with E-state index in [9.17, 15) is 0 Å². The van der Waals surface area contributed by atoms with Crippen molar-refractivity contribution in [3.8, 4) is 0 Å². The molecule has 1 atom stereocenters. The molecular weight excluding hydrogens is 258 g/mol. The van der Waals surface area contributed by atoms with Crippen molar-refractivity contribution >= 4 is 23.1 Å². The first-order chi connectivity index (χ1) is 8.70. The third kappa shape index (κ3) is 3.37. The summed E-state index contributed by atoms with van der Waals surface area (Å²) in [6, 6.07) is 11.4. The lowest BCUT2D eigenvalue weighted by Gasteiger charge is -2.14. The highest BCUT2D eigenvalue weighted by Gasteiger charge is 2.06. The summed E-state index contributed by atoms with van der Waals surface area (Å²) in [5.41, 5.74) is 2.74. The van der Waals surface area contributed by atoms with Gasteiger partial charge in [-0.25, -0.2) is 0 Å². The second-order valence-corrected chi connectivity index (χ2v) is 6.28. The van der Waals surface area contributed by atoms with Crippen LogP contribution in [-0.4, -0.2) is 6.26 Å². The van der Waals surface area contributed by atoms with Crippen molar-refractivity contribution in [2.75, 3.05) is 6.26 Å². The van der Waals surface area contributed by atoms with Gasteiger partial charge in [0.2, 0.25) is 0 Å². The molecule has 2 aromatic rings. The van der Waals surface area contributed by atoms with E-state index in [1.54, 1.807) is 11.8 Å². The van der Waals surface area contributed by atoms with Gasteiger partial charge in [-0.3, -0.25) is 0 Å². The van der Waals surface area contributed by atoms with Crippen molar-refractivity contribution in [1.82, 2.24) is 5.32 Å². The number of rotatable bonds is 5. The van der Waals surface area contributed by atoms with Crippen LogP contribution in [0, 0.1) is 6.92 Å². The van der Waals surface area contributed by atoms with E-state index in [0.717, 1.165) is 6.54 Å². The standard InChI is InChI=1S/C15H19NS2/c1-11-8-9-18-15(11)10-16-12(2)13-4-6-14(17-3)7-5-13/h4-9,12,16H,10H2,1-3H3. The zero-order chi connectivity index (χ0) is 13.0. The van der Waals surface area contributed by atoms with E-state index in [1.807, 2.05) is 11.3 Å². The third-order valence-corrected chi connectivity index (χ3v) is 4.92. The number of thioether (sulfide) groups is 1. The average molecular weight is 277 g/mol. The van der Waals surface area contributed by atoms with Crippen molar-refractivity contribution < 1.29 is 0 Å². The largest absolute Gasteiger partial charge is 0.305 e. The van der Waals surface area contributed by atoms with Crippen molar-refractivity contribution in [2.24, 2.45) is 0 Å². The highest BCUT2D eigenvalue weighted by Crippen LogP contribution is 2.20. The highest BCUT2D eigenvalue weighted by molar-refractivity contribution is 7.98. The molecule has 0 aliphatic heterocycles. The molecule has 1 nitrogen and oxygen atoms in total. The maximum atomic E-state index is 3.58. The van der Waals surface area contributed by atoms with Crippen LogP contribution in [0.15, 0.2) is 40.6 Å². The fourth-order valence-corrected chi connectivity index (χ4v) is 3.11. The van der Waals surface area contributed by atoms with Crippen LogP contribution < -0.4 is 5.32 Å². The quantitative estimate of drug-likeness (QED) is 0.800. The van der Waals surface area contributed by atoms with Crippen LogP contribution in [0.3, 0.4) is 0 Å². The Kier molecular flexibility index (Phi) is 4.87. The minimum atomic E-state index is 0.391. The monoisotopic (exact) mass is 277 g/mol. The topological polar surface area (TPSA) is 12.0 Å². The lowest BCUT2D eigenvalue weighted by Crippen LogP contribution is -2.17. The van der Waals surface area contributed by atoms with Crippen LogP contribution in [0.25, 0.3) is 0 Å². The molecule has 96 valence electrons. The third-order valence-electron chi connectivity index (χ3n) is 3.15. The first-order valence-corrected chi connectivity index (χ1v) is 8.21. The lowest BCUT2D eigenvalue weighted by atomic mass is 10.1. The summed E-state index contributed by atoms with van der Waals surface area (Å²) >= 11 is 3.61. The SMILES string of the molecule is CSc1ccc(C(C)NCc2sccc2C)cc1. The minimum Gasteiger partial charge on any atom is -0.305 e. The molecular formula is C15H19NS2. The fourth-order valence-electron chi connectivity index (χ4n) is 1.84. The maximum Gasteiger partial charge on any atom is 0.0308 e. The first-order valence-electron chi connectivity index (χ1n) is 6.11. The summed E-state index contributed by atoms with van der Waals surface area (Å²) in [7, 11) is 0. The summed E-state index contributed by atoms with van der Waals surface area (Å²) < 4.78 is 0. The molecule has 18 heavy (non-hydrogen) atoms. The zero-order valence-electron chi connectivity index (χ0n) is 11.1. The zero-order valence-corrected chi connectivity index (χ0v) is 12.7. The number of nitrogens with one attached hydrogen (secondary N) is 1. The number of aryl methyl sites for hydroxylation is 1. The Bertz CT molecular complexity index is 487. The van der Waals surface area contributed by atoms with E-state index in [1.165, 1.54) is 20.9 Å². The van der Waals surface area contributed by atoms with Crippen LogP contribution in [0.1, 0.15) is 29.0 Å². The summed E-state index contributed by atoms with van der Waals surface area (Å²) in [6.45, 7) is 5.34. The van der Waals surface area contributed by atoms with E-state index in [-0.39, 0.29) is 0 Å². The molecule has 0 bridgehead atoms. The molecule has 2 rings (SSSR count). The van der Waals surface area contributed by atoms with Crippen molar-refractivity contribution in [3.05, 3.63) is 51.7 Å². The fraction of sp³-hybridized carbons (Fsp3) is 0.333. The Balaban J connectivity index is 1.94. The van der Waals surface area contributed by atoms with E-state index in [4.69, 9.17) is 0 Å². The van der Waals surface area contributed by atoms with Gasteiger partial charge in [0.05, 0.1) is 0 Å². The predicted octanol–water partition coefficient (Wildman–Crippen LogP) is 4.63. The van der Waals surface area contributed by atoms with Crippen molar-refractivity contribution in [3.63, 3.8) is 0 Å². The van der Waals surface area contributed by atoms with Gasteiger partial charge in [0.15, 0.2) is 0 Å². The Morgan fingerprint density at radius 2 is 1.94 bits per heavy atom. The van der Waals surface area contributed by atoms with Crippen LogP contribution in [0.2, 0.25) is 0 Å². The molecule has 1 heterocycles.